The van der Waals surface area contributed by atoms with Crippen LogP contribution in [-0.4, -0.2) is 52.3 Å². The van der Waals surface area contributed by atoms with E-state index < -0.39 is 6.10 Å². The molecule has 1 aliphatic rings. The number of Topliss-reactive ketones (excluding diaryl/α,β-unsaturated/α-hetero) is 1. The second kappa shape index (κ2) is 13.3. The predicted octanol–water partition coefficient (Wildman–Crippen LogP) is 3.27. The molecule has 1 saturated carbocycles. The summed E-state index contributed by atoms with van der Waals surface area (Å²) in [5, 5.41) is 20.1. The van der Waals surface area contributed by atoms with Crippen molar-refractivity contribution in [1.82, 2.24) is 0 Å². The third-order valence-electron chi connectivity index (χ3n) is 4.76. The second-order valence-corrected chi connectivity index (χ2v) is 8.18. The first-order chi connectivity index (χ1) is 12.5. The first-order valence-electron chi connectivity index (χ1n) is 9.71. The van der Waals surface area contributed by atoms with Crippen LogP contribution in [0, 0.1) is 5.92 Å². The van der Waals surface area contributed by atoms with Gasteiger partial charge >= 0.3 is 5.97 Å². The molecule has 5 nitrogen and oxygen atoms in total. The fourth-order valence-corrected chi connectivity index (χ4v) is 4.60. The third-order valence-corrected chi connectivity index (χ3v) is 6.36. The Morgan fingerprint density at radius 3 is 2.81 bits per heavy atom. The zero-order valence-electron chi connectivity index (χ0n) is 16.1. The molecule has 26 heavy (non-hydrogen) atoms. The van der Waals surface area contributed by atoms with Crippen LogP contribution in [0.5, 0.6) is 0 Å². The molecule has 0 amide bonds. The van der Waals surface area contributed by atoms with Crippen LogP contribution >= 0.6 is 11.8 Å². The van der Waals surface area contributed by atoms with Gasteiger partial charge in [0.25, 0.3) is 0 Å². The van der Waals surface area contributed by atoms with Gasteiger partial charge in [-0.15, -0.1) is 0 Å². The molecule has 0 heterocycles. The van der Waals surface area contributed by atoms with Crippen LogP contribution in [0.25, 0.3) is 0 Å². The van der Waals surface area contributed by atoms with Gasteiger partial charge in [-0.3, -0.25) is 9.59 Å². The summed E-state index contributed by atoms with van der Waals surface area (Å²) in [5.74, 6) is 0.281. The molecular formula is C20H34O5S. The van der Waals surface area contributed by atoms with Crippen LogP contribution in [0.15, 0.2) is 12.2 Å². The van der Waals surface area contributed by atoms with Gasteiger partial charge in [0.2, 0.25) is 0 Å². The number of methoxy groups -OCH3 is 1. The summed E-state index contributed by atoms with van der Waals surface area (Å²) in [6.45, 7) is 2.13. The van der Waals surface area contributed by atoms with E-state index in [0.717, 1.165) is 38.5 Å². The van der Waals surface area contributed by atoms with E-state index in [1.165, 1.54) is 18.9 Å². The monoisotopic (exact) mass is 386 g/mol. The molecule has 1 fully saturated rings. The van der Waals surface area contributed by atoms with E-state index in [9.17, 15) is 19.8 Å². The van der Waals surface area contributed by atoms with Crippen molar-refractivity contribution in [1.29, 1.82) is 0 Å². The maximum absolute atomic E-state index is 12.2. The van der Waals surface area contributed by atoms with Crippen molar-refractivity contribution >= 4 is 23.5 Å². The number of esters is 1. The fraction of sp³-hybridized carbons (Fsp3) is 0.800. The summed E-state index contributed by atoms with van der Waals surface area (Å²) in [6, 6.07) is 0. The van der Waals surface area contributed by atoms with E-state index in [1.807, 2.05) is 12.2 Å². The maximum atomic E-state index is 12.2. The van der Waals surface area contributed by atoms with Crippen molar-refractivity contribution in [2.45, 2.75) is 82.2 Å². The Kier molecular flexibility index (Phi) is 11.9. The minimum Gasteiger partial charge on any atom is -0.469 e. The van der Waals surface area contributed by atoms with E-state index >= 15 is 0 Å². The van der Waals surface area contributed by atoms with Gasteiger partial charge in [-0.2, -0.15) is 11.8 Å². The van der Waals surface area contributed by atoms with Crippen LogP contribution < -0.4 is 0 Å². The lowest BCUT2D eigenvalue weighted by atomic mass is 10.0. The van der Waals surface area contributed by atoms with Crippen LogP contribution in [0.2, 0.25) is 0 Å². The highest BCUT2D eigenvalue weighted by atomic mass is 32.2. The molecule has 4 atom stereocenters. The molecule has 1 aliphatic carbocycles. The topological polar surface area (TPSA) is 83.8 Å². The van der Waals surface area contributed by atoms with Gasteiger partial charge in [-0.05, 0) is 25.7 Å². The summed E-state index contributed by atoms with van der Waals surface area (Å²) in [4.78, 5) is 23.2. The molecule has 1 rings (SSSR count). The van der Waals surface area contributed by atoms with Crippen molar-refractivity contribution in [2.24, 2.45) is 5.92 Å². The highest BCUT2D eigenvalue weighted by Gasteiger charge is 2.41. The number of hydrogen-bond acceptors (Lipinski definition) is 6. The van der Waals surface area contributed by atoms with E-state index in [1.54, 1.807) is 0 Å². The quantitative estimate of drug-likeness (QED) is 0.287. The summed E-state index contributed by atoms with van der Waals surface area (Å²) in [7, 11) is 1.38. The molecule has 0 radical (unpaired) electrons. The third kappa shape index (κ3) is 8.69. The van der Waals surface area contributed by atoms with Crippen LogP contribution in [-0.2, 0) is 14.3 Å². The highest BCUT2D eigenvalue weighted by molar-refractivity contribution is 8.00. The van der Waals surface area contributed by atoms with E-state index in [0.29, 0.717) is 18.6 Å². The normalized spacial score (nSPS) is 24.3. The molecule has 0 spiro atoms. The zero-order valence-corrected chi connectivity index (χ0v) is 16.9. The Hall–Kier alpha value is -0.850. The molecule has 2 N–H and O–H groups in total. The zero-order chi connectivity index (χ0) is 19.4. The van der Waals surface area contributed by atoms with E-state index in [2.05, 4.69) is 11.7 Å². The number of carbonyl (C=O) groups is 2. The van der Waals surface area contributed by atoms with Crippen molar-refractivity contribution in [3.05, 3.63) is 12.2 Å². The number of ketones is 1. The number of carbonyl (C=O) groups excluding carboxylic acids is 2. The maximum Gasteiger partial charge on any atom is 0.305 e. The first kappa shape index (κ1) is 23.2. The van der Waals surface area contributed by atoms with Crippen LogP contribution in [0.3, 0.4) is 0 Å². The largest absolute Gasteiger partial charge is 0.469 e. The molecular weight excluding hydrogens is 352 g/mol. The molecule has 6 heteroatoms. The van der Waals surface area contributed by atoms with Crippen molar-refractivity contribution in [2.75, 3.05) is 12.9 Å². The standard InChI is InChI=1S/C20H34O5S/c1-3-4-7-10-15(21)14-26-20-16(17(22)13-18(20)23)11-8-5-6-9-12-19(24)25-2/h5,8,15-16,18,20-21,23H,3-4,6-7,9-14H2,1-2H3/t15?,16-,18?,20+/m0/s1. The number of hydrogen-bond donors (Lipinski definition) is 2. The second-order valence-electron chi connectivity index (χ2n) is 6.97. The summed E-state index contributed by atoms with van der Waals surface area (Å²) in [6.07, 6.45) is 9.74. The smallest absolute Gasteiger partial charge is 0.305 e. The summed E-state index contributed by atoms with van der Waals surface area (Å²) < 4.78 is 4.60. The van der Waals surface area contributed by atoms with Gasteiger partial charge in [0.05, 0.1) is 19.3 Å². The Bertz CT molecular complexity index is 451. The van der Waals surface area contributed by atoms with Gasteiger partial charge in [-0.25, -0.2) is 0 Å². The van der Waals surface area contributed by atoms with Gasteiger partial charge in [0.1, 0.15) is 5.78 Å². The summed E-state index contributed by atoms with van der Waals surface area (Å²) in [5.41, 5.74) is 0. The van der Waals surface area contributed by atoms with Gasteiger partial charge in [-0.1, -0.05) is 38.3 Å². The number of unbranched alkanes of at least 4 members (excludes halogenated alkanes) is 3. The lowest BCUT2D eigenvalue weighted by molar-refractivity contribution is -0.140. The Morgan fingerprint density at radius 2 is 2.12 bits per heavy atom. The van der Waals surface area contributed by atoms with Crippen molar-refractivity contribution in [3.63, 3.8) is 0 Å². The minimum absolute atomic E-state index is 0.106. The van der Waals surface area contributed by atoms with Crippen LogP contribution in [0.1, 0.15) is 64.7 Å². The fourth-order valence-electron chi connectivity index (χ4n) is 3.18. The molecule has 0 aliphatic heterocycles. The number of aliphatic hydroxyl groups is 2. The van der Waals surface area contributed by atoms with Gasteiger partial charge in [0, 0.05) is 29.8 Å². The van der Waals surface area contributed by atoms with Crippen LogP contribution in [0.4, 0.5) is 0 Å². The molecule has 0 bridgehead atoms. The van der Waals surface area contributed by atoms with E-state index in [-0.39, 0.29) is 35.4 Å². The lowest BCUT2D eigenvalue weighted by Gasteiger charge is -2.21. The summed E-state index contributed by atoms with van der Waals surface area (Å²) >= 11 is 1.53. The predicted molar refractivity (Wildman–Crippen MR) is 105 cm³/mol. The van der Waals surface area contributed by atoms with Gasteiger partial charge < -0.3 is 14.9 Å². The molecule has 2 unspecified atom stereocenters. The van der Waals surface area contributed by atoms with Crippen molar-refractivity contribution in [3.8, 4) is 0 Å². The Morgan fingerprint density at radius 1 is 1.35 bits per heavy atom. The van der Waals surface area contributed by atoms with Gasteiger partial charge in [0.15, 0.2) is 0 Å². The molecule has 0 aromatic heterocycles. The Labute approximate surface area is 161 Å². The molecule has 150 valence electrons. The first-order valence-corrected chi connectivity index (χ1v) is 10.8. The molecule has 0 aromatic rings. The highest BCUT2D eigenvalue weighted by Crippen LogP contribution is 2.36. The SMILES string of the molecule is CCCCCC(O)CS[C@H]1C(O)CC(=O)[C@@H]1CC=CCCCC(=O)OC. The number of rotatable bonds is 13. The molecule has 0 aromatic carbocycles. The lowest BCUT2D eigenvalue weighted by Crippen LogP contribution is -2.25. The number of allylic oxidation sites excluding steroid dienone is 2. The Balaban J connectivity index is 2.36. The minimum atomic E-state index is -0.618. The average molecular weight is 387 g/mol. The average Bonchev–Trinajstić information content (AvgIpc) is 2.89. The van der Waals surface area contributed by atoms with E-state index in [4.69, 9.17) is 0 Å². The molecule has 0 saturated heterocycles. The number of ether oxygens (including phenoxy) is 1. The number of aliphatic hydroxyl groups excluding tert-OH is 2. The van der Waals surface area contributed by atoms with Crippen molar-refractivity contribution < 1.29 is 24.5 Å². The number of thioether (sulfide) groups is 1.